The molecule has 0 saturated carbocycles. The Balaban J connectivity index is 2.53. The molecule has 1 atom stereocenters. The van der Waals surface area contributed by atoms with Crippen LogP contribution < -0.4 is 0 Å². The molecule has 0 aliphatic carbocycles. The van der Waals surface area contributed by atoms with Crippen LogP contribution in [0, 0.1) is 5.92 Å². The van der Waals surface area contributed by atoms with Crippen LogP contribution in [0.25, 0.3) is 0 Å². The second-order valence-electron chi connectivity index (χ2n) is 4.14. The van der Waals surface area contributed by atoms with E-state index in [4.69, 9.17) is 4.74 Å². The van der Waals surface area contributed by atoms with E-state index in [9.17, 15) is 4.79 Å². The van der Waals surface area contributed by atoms with E-state index in [1.807, 2.05) is 16.8 Å². The molecule has 0 bridgehead atoms. The first-order chi connectivity index (χ1) is 6.57. The predicted molar refractivity (Wildman–Crippen MR) is 55.2 cm³/mol. The molecule has 0 aromatic rings. The molecule has 1 rings (SSSR count). The Labute approximate surface area is 85.8 Å². The van der Waals surface area contributed by atoms with Gasteiger partial charge in [0.05, 0.1) is 12.6 Å². The molecule has 1 aliphatic rings. The quantitative estimate of drug-likeness (QED) is 0.679. The molecule has 4 heteroatoms. The van der Waals surface area contributed by atoms with Crippen molar-refractivity contribution in [2.75, 3.05) is 33.9 Å². The van der Waals surface area contributed by atoms with Crippen LogP contribution in [0.5, 0.6) is 0 Å². The van der Waals surface area contributed by atoms with Gasteiger partial charge in [-0.25, -0.2) is 4.79 Å². The monoisotopic (exact) mass is 200 g/mol. The lowest BCUT2D eigenvalue weighted by molar-refractivity contribution is 0.156. The van der Waals surface area contributed by atoms with Gasteiger partial charge >= 0.3 is 6.03 Å². The Hall–Kier alpha value is -0.770. The van der Waals surface area contributed by atoms with Crippen LogP contribution >= 0.6 is 0 Å². The second kappa shape index (κ2) is 4.64. The highest BCUT2D eigenvalue weighted by Crippen LogP contribution is 2.19. The van der Waals surface area contributed by atoms with Gasteiger partial charge in [0.25, 0.3) is 0 Å². The highest BCUT2D eigenvalue weighted by atomic mass is 16.5. The first-order valence-corrected chi connectivity index (χ1v) is 5.08. The summed E-state index contributed by atoms with van der Waals surface area (Å²) in [7, 11) is 3.53. The van der Waals surface area contributed by atoms with Crippen molar-refractivity contribution in [2.45, 2.75) is 19.9 Å². The van der Waals surface area contributed by atoms with Crippen molar-refractivity contribution < 1.29 is 9.53 Å². The van der Waals surface area contributed by atoms with Gasteiger partial charge in [0.15, 0.2) is 0 Å². The molecular weight excluding hydrogens is 180 g/mol. The zero-order chi connectivity index (χ0) is 10.7. The van der Waals surface area contributed by atoms with Crippen molar-refractivity contribution in [3.63, 3.8) is 0 Å². The molecule has 0 radical (unpaired) electrons. The van der Waals surface area contributed by atoms with Gasteiger partial charge < -0.3 is 14.5 Å². The number of nitrogens with zero attached hydrogens (tertiary/aromatic N) is 2. The Bertz CT molecular complexity index is 206. The molecule has 4 nitrogen and oxygen atoms in total. The first-order valence-electron chi connectivity index (χ1n) is 5.08. The number of rotatable bonds is 4. The summed E-state index contributed by atoms with van der Waals surface area (Å²) in [4.78, 5) is 15.4. The van der Waals surface area contributed by atoms with Gasteiger partial charge in [-0.3, -0.25) is 0 Å². The fourth-order valence-corrected chi connectivity index (χ4v) is 1.84. The molecule has 1 saturated heterocycles. The molecule has 14 heavy (non-hydrogen) atoms. The number of ether oxygens (including phenoxy) is 1. The summed E-state index contributed by atoms with van der Waals surface area (Å²) in [5, 5.41) is 0. The lowest BCUT2D eigenvalue weighted by Crippen LogP contribution is -2.34. The molecule has 0 aromatic heterocycles. The van der Waals surface area contributed by atoms with Gasteiger partial charge in [-0.1, -0.05) is 13.8 Å². The van der Waals surface area contributed by atoms with Gasteiger partial charge in [-0.15, -0.1) is 0 Å². The second-order valence-corrected chi connectivity index (χ2v) is 4.14. The zero-order valence-corrected chi connectivity index (χ0v) is 9.49. The van der Waals surface area contributed by atoms with Crippen molar-refractivity contribution in [3.05, 3.63) is 0 Å². The molecule has 1 unspecified atom stereocenters. The van der Waals surface area contributed by atoms with Crippen molar-refractivity contribution in [1.29, 1.82) is 0 Å². The maximum Gasteiger partial charge on any atom is 0.320 e. The molecule has 0 spiro atoms. The van der Waals surface area contributed by atoms with E-state index in [0.717, 1.165) is 6.54 Å². The van der Waals surface area contributed by atoms with Crippen molar-refractivity contribution in [2.24, 2.45) is 5.92 Å². The number of methoxy groups -OCH3 is 1. The number of amides is 2. The fourth-order valence-electron chi connectivity index (χ4n) is 1.84. The third-order valence-electron chi connectivity index (χ3n) is 2.81. The summed E-state index contributed by atoms with van der Waals surface area (Å²) in [6.45, 7) is 6.44. The Morgan fingerprint density at radius 3 is 2.64 bits per heavy atom. The number of likely N-dealkylation sites (N-methyl/N-ethyl adjacent to an activating group) is 1. The number of carbonyl (C=O) groups is 1. The topological polar surface area (TPSA) is 32.8 Å². The minimum atomic E-state index is 0.126. The molecule has 1 heterocycles. The Morgan fingerprint density at radius 1 is 1.57 bits per heavy atom. The van der Waals surface area contributed by atoms with Crippen LogP contribution in [0.2, 0.25) is 0 Å². The van der Waals surface area contributed by atoms with E-state index in [-0.39, 0.29) is 6.03 Å². The highest BCUT2D eigenvalue weighted by molar-refractivity contribution is 5.76. The minimum Gasteiger partial charge on any atom is -0.383 e. The van der Waals surface area contributed by atoms with Crippen LogP contribution in [0.3, 0.4) is 0 Å². The van der Waals surface area contributed by atoms with Crippen LogP contribution in [0.1, 0.15) is 13.8 Å². The third kappa shape index (κ3) is 2.18. The van der Waals surface area contributed by atoms with Crippen molar-refractivity contribution >= 4 is 6.03 Å². The summed E-state index contributed by atoms with van der Waals surface area (Å²) >= 11 is 0. The van der Waals surface area contributed by atoms with E-state index >= 15 is 0 Å². The van der Waals surface area contributed by atoms with Crippen LogP contribution in [0.15, 0.2) is 0 Å². The van der Waals surface area contributed by atoms with Crippen molar-refractivity contribution in [3.8, 4) is 0 Å². The smallest absolute Gasteiger partial charge is 0.320 e. The summed E-state index contributed by atoms with van der Waals surface area (Å²) in [6, 6.07) is 0.472. The minimum absolute atomic E-state index is 0.126. The van der Waals surface area contributed by atoms with Crippen molar-refractivity contribution in [1.82, 2.24) is 9.80 Å². The molecule has 1 aliphatic heterocycles. The molecule has 82 valence electrons. The number of urea groups is 1. The number of hydrogen-bond donors (Lipinski definition) is 0. The van der Waals surface area contributed by atoms with Crippen LogP contribution in [-0.4, -0.2) is 55.7 Å². The molecule has 0 aromatic carbocycles. The van der Waals surface area contributed by atoms with E-state index < -0.39 is 0 Å². The highest BCUT2D eigenvalue weighted by Gasteiger charge is 2.35. The number of carbonyl (C=O) groups excluding carboxylic acids is 1. The summed E-state index contributed by atoms with van der Waals surface area (Å²) in [6.07, 6.45) is 0. The van der Waals surface area contributed by atoms with Gasteiger partial charge in [-0.05, 0) is 5.92 Å². The summed E-state index contributed by atoms with van der Waals surface area (Å²) in [5.74, 6) is 0.511. The standard InChI is InChI=1S/C10H20N2O2/c1-8(2)9-7-12(5-6-14-4)10(13)11(9)3/h8-9H,5-7H2,1-4H3. The molecule has 1 fully saturated rings. The van der Waals surface area contributed by atoms with E-state index in [2.05, 4.69) is 13.8 Å². The number of hydrogen-bond acceptors (Lipinski definition) is 2. The Morgan fingerprint density at radius 2 is 2.21 bits per heavy atom. The van der Waals surface area contributed by atoms with Gasteiger partial charge in [-0.2, -0.15) is 0 Å². The van der Waals surface area contributed by atoms with E-state index in [0.29, 0.717) is 25.1 Å². The zero-order valence-electron chi connectivity index (χ0n) is 9.49. The first kappa shape index (κ1) is 11.3. The summed E-state index contributed by atoms with van der Waals surface area (Å²) < 4.78 is 4.97. The fraction of sp³-hybridized carbons (Fsp3) is 0.900. The van der Waals surface area contributed by atoms with Crippen LogP contribution in [-0.2, 0) is 4.74 Å². The Kier molecular flexibility index (Phi) is 3.75. The molecule has 0 N–H and O–H groups in total. The normalized spacial score (nSPS) is 22.6. The summed E-state index contributed by atoms with van der Waals surface area (Å²) in [5.41, 5.74) is 0. The van der Waals surface area contributed by atoms with Gasteiger partial charge in [0.2, 0.25) is 0 Å². The van der Waals surface area contributed by atoms with Crippen LogP contribution in [0.4, 0.5) is 4.79 Å². The average Bonchev–Trinajstić information content (AvgIpc) is 2.42. The maximum atomic E-state index is 11.7. The van der Waals surface area contributed by atoms with E-state index in [1.54, 1.807) is 7.11 Å². The van der Waals surface area contributed by atoms with Gasteiger partial charge in [0, 0.05) is 27.2 Å². The largest absolute Gasteiger partial charge is 0.383 e. The average molecular weight is 200 g/mol. The van der Waals surface area contributed by atoms with E-state index in [1.165, 1.54) is 0 Å². The molecular formula is C10H20N2O2. The maximum absolute atomic E-state index is 11.7. The third-order valence-corrected chi connectivity index (χ3v) is 2.81. The predicted octanol–water partition coefficient (Wildman–Crippen LogP) is 1.02. The lowest BCUT2D eigenvalue weighted by Gasteiger charge is -2.20. The van der Waals surface area contributed by atoms with Gasteiger partial charge in [0.1, 0.15) is 0 Å². The molecule has 2 amide bonds. The SMILES string of the molecule is COCCN1CC(C(C)C)N(C)C1=O. The lowest BCUT2D eigenvalue weighted by atomic mass is 10.0.